The second-order valence-corrected chi connectivity index (χ2v) is 38.2. The Morgan fingerprint density at radius 2 is 0.485 bits per heavy atom. The molecule has 0 unspecified atom stereocenters. The Morgan fingerprint density at radius 1 is 0.165 bits per heavy atom. The van der Waals surface area contributed by atoms with E-state index in [1.165, 1.54) is 122 Å². The molecule has 0 saturated carbocycles. The molecule has 0 heterocycles. The first-order chi connectivity index (χ1) is 47.2. The van der Waals surface area contributed by atoms with Crippen LogP contribution in [0.2, 0.25) is 0 Å². The molecule has 10 rings (SSSR count). The van der Waals surface area contributed by atoms with Gasteiger partial charge in [0.05, 0.1) is 0 Å². The third-order valence-corrected chi connectivity index (χ3v) is 19.1. The van der Waals surface area contributed by atoms with Gasteiger partial charge in [0, 0.05) is 0 Å². The van der Waals surface area contributed by atoms with Gasteiger partial charge >= 0.3 is 0 Å². The lowest BCUT2D eigenvalue weighted by molar-refractivity contribution is 0.542. The zero-order chi connectivity index (χ0) is 78.1. The van der Waals surface area contributed by atoms with Gasteiger partial charge in [-0.15, -0.1) is 0 Å². The maximum absolute atomic E-state index is 2.42. The summed E-state index contributed by atoms with van der Waals surface area (Å²) in [5.74, 6) is 0. The average Bonchev–Trinajstić information content (AvgIpc) is 0.778. The van der Waals surface area contributed by atoms with Crippen molar-refractivity contribution < 1.29 is 0 Å². The van der Waals surface area contributed by atoms with Gasteiger partial charge in [0.2, 0.25) is 0 Å². The van der Waals surface area contributed by atoms with Gasteiger partial charge in [0.1, 0.15) is 0 Å². The van der Waals surface area contributed by atoms with Crippen molar-refractivity contribution in [1.29, 1.82) is 0 Å². The van der Waals surface area contributed by atoms with Crippen molar-refractivity contribution in [2.75, 3.05) is 0 Å². The van der Waals surface area contributed by atoms with Crippen molar-refractivity contribution in [1.82, 2.24) is 0 Å². The Hall–Kier alpha value is -7.80. The first-order valence-corrected chi connectivity index (χ1v) is 38.1. The molecule has 0 radical (unpaired) electrons. The Bertz CT molecular complexity index is 4080. The molecule has 0 saturated heterocycles. The van der Waals surface area contributed by atoms with Crippen molar-refractivity contribution in [3.63, 3.8) is 0 Å². The van der Waals surface area contributed by atoms with E-state index in [-0.39, 0.29) is 48.7 Å². The topological polar surface area (TPSA) is 0 Å². The molecule has 0 nitrogen and oxygen atoms in total. The quantitative estimate of drug-likeness (QED) is 0.165. The van der Waals surface area contributed by atoms with Crippen molar-refractivity contribution in [3.8, 4) is 33.4 Å². The summed E-state index contributed by atoms with van der Waals surface area (Å²) in [4.78, 5) is 0. The minimum absolute atomic E-state index is 0.200. The van der Waals surface area contributed by atoms with Crippen LogP contribution in [0, 0.1) is 48.5 Å². The molecule has 10 aromatic carbocycles. The monoisotopic (exact) mass is 1380 g/mol. The molecule has 0 fully saturated rings. The van der Waals surface area contributed by atoms with E-state index < -0.39 is 0 Å². The van der Waals surface area contributed by atoms with Gasteiger partial charge in [0.15, 0.2) is 0 Å². The maximum Gasteiger partial charge on any atom is -0.0129 e. The maximum atomic E-state index is 2.42. The van der Waals surface area contributed by atoms with Crippen LogP contribution in [-0.2, 0) is 48.7 Å². The highest BCUT2D eigenvalue weighted by molar-refractivity contribution is 5.67. The van der Waals surface area contributed by atoms with Gasteiger partial charge < -0.3 is 0 Å². The van der Waals surface area contributed by atoms with Gasteiger partial charge in [-0.2, -0.15) is 0 Å². The van der Waals surface area contributed by atoms with E-state index in [1.807, 2.05) is 18.2 Å². The largest absolute Gasteiger partial charge is 0.0622 e. The molecule has 103 heavy (non-hydrogen) atoms. The summed E-state index contributed by atoms with van der Waals surface area (Å²) in [5, 5.41) is 0. The molecule has 0 atom stereocenters. The predicted molar refractivity (Wildman–Crippen MR) is 463 cm³/mol. The number of benzene rings is 10. The Kier molecular flexibility index (Phi) is 30.8. The van der Waals surface area contributed by atoms with Gasteiger partial charge in [-0.05, 0) is 203 Å². The molecule has 0 bridgehead atoms. The summed E-state index contributed by atoms with van der Waals surface area (Å²) in [6.45, 7) is 77.0. The summed E-state index contributed by atoms with van der Waals surface area (Å²) in [6.07, 6.45) is 0. The Labute approximate surface area is 633 Å². The first kappa shape index (κ1) is 87.6. The summed E-state index contributed by atoms with van der Waals surface area (Å²) in [7, 11) is 0. The van der Waals surface area contributed by atoms with Crippen molar-refractivity contribution in [3.05, 3.63) is 320 Å². The van der Waals surface area contributed by atoms with E-state index in [1.54, 1.807) is 0 Å². The third kappa shape index (κ3) is 28.3. The summed E-state index contributed by atoms with van der Waals surface area (Å²) < 4.78 is 0. The van der Waals surface area contributed by atoms with Gasteiger partial charge in [-0.3, -0.25) is 0 Å². The molecule has 0 aliphatic heterocycles. The molecule has 552 valence electrons. The summed E-state index contributed by atoms with van der Waals surface area (Å²) in [5.41, 5.74) is 32.6. The normalized spacial score (nSPS) is 12.0. The van der Waals surface area contributed by atoms with E-state index in [9.17, 15) is 0 Å². The number of hydrogen-bond donors (Lipinski definition) is 0. The first-order valence-electron chi connectivity index (χ1n) is 38.1. The fourth-order valence-electron chi connectivity index (χ4n) is 12.9. The minimum atomic E-state index is 0.200. The van der Waals surface area contributed by atoms with Crippen LogP contribution < -0.4 is 0 Å². The van der Waals surface area contributed by atoms with E-state index in [4.69, 9.17) is 0 Å². The van der Waals surface area contributed by atoms with Gasteiger partial charge in [-0.1, -0.05) is 434 Å². The predicted octanol–water partition coefficient (Wildman–Crippen LogP) is 30.6. The summed E-state index contributed by atoms with van der Waals surface area (Å²) >= 11 is 0. The zero-order valence-electron chi connectivity index (χ0n) is 71.4. The fourth-order valence-corrected chi connectivity index (χ4v) is 12.9. The number of aryl methyl sites for hydroxylation is 5. The van der Waals surface area contributed by atoms with Gasteiger partial charge in [-0.25, -0.2) is 0 Å². The van der Waals surface area contributed by atoms with E-state index in [0.717, 1.165) is 0 Å². The molecule has 0 aromatic heterocycles. The molecule has 0 aliphatic rings. The molecule has 0 aliphatic carbocycles. The van der Waals surface area contributed by atoms with E-state index in [2.05, 4.69) is 448 Å². The van der Waals surface area contributed by atoms with Crippen molar-refractivity contribution in [2.24, 2.45) is 0 Å². The van der Waals surface area contributed by atoms with Crippen molar-refractivity contribution in [2.45, 2.75) is 284 Å². The van der Waals surface area contributed by atoms with Crippen molar-refractivity contribution >= 4 is 0 Å². The highest BCUT2D eigenvalue weighted by atomic mass is 14.3. The van der Waals surface area contributed by atoms with Crippen LogP contribution in [0.1, 0.15) is 276 Å². The van der Waals surface area contributed by atoms with Crippen LogP contribution in [0.4, 0.5) is 0 Å². The summed E-state index contributed by atoms with van der Waals surface area (Å²) in [6, 6.07) is 82.3. The molecule has 0 amide bonds. The number of rotatable bonds is 3. The number of hydrogen-bond acceptors (Lipinski definition) is 0. The fraction of sp³-hybridized carbons (Fsp3) is 0.417. The molecular formula is C103H140. The van der Waals surface area contributed by atoms with Crippen LogP contribution in [0.15, 0.2) is 231 Å². The highest BCUT2D eigenvalue weighted by Gasteiger charge is 2.28. The molecule has 0 heteroatoms. The molecule has 10 aromatic rings. The minimum Gasteiger partial charge on any atom is -0.0622 e. The van der Waals surface area contributed by atoms with Crippen LogP contribution in [0.25, 0.3) is 33.4 Å². The lowest BCUT2D eigenvalue weighted by Gasteiger charge is -2.32. The van der Waals surface area contributed by atoms with E-state index in [0.29, 0.717) is 0 Å². The highest BCUT2D eigenvalue weighted by Crippen LogP contribution is 2.39. The Balaban J connectivity index is 0.000000255. The SMILES string of the molecule is Cc1c(C(C)(C)C)cc(C(C)(C)C)cc1C(C)(C)C.Cc1c(C(C)(C)C)cccc1C(C)(C)C.Cc1cc(C(C)(C)C)cc(C(C)(C)C)c1.Cc1ccc(-c2ccccc2)cc1.Cc1ccc(C(C)(C)C)cc1C(C)(C)C.Cc1cccc(-c2ccccc2)c1.Cc1ccccc1-c1ccccc1. The molecule has 0 N–H and O–H groups in total. The van der Waals surface area contributed by atoms with Crippen LogP contribution in [0.5, 0.6) is 0 Å². The van der Waals surface area contributed by atoms with Crippen LogP contribution in [0.3, 0.4) is 0 Å². The van der Waals surface area contributed by atoms with Crippen LogP contribution in [-0.4, -0.2) is 0 Å². The molecular weight excluding hydrogens is 1240 g/mol. The zero-order valence-corrected chi connectivity index (χ0v) is 71.4. The Morgan fingerprint density at radius 3 is 0.864 bits per heavy atom. The second-order valence-electron chi connectivity index (χ2n) is 38.2. The molecule has 0 spiro atoms. The third-order valence-electron chi connectivity index (χ3n) is 19.1. The lowest BCUT2D eigenvalue weighted by Crippen LogP contribution is -2.23. The van der Waals surface area contributed by atoms with Crippen LogP contribution >= 0.6 is 0 Å². The standard InChI is InChI=1S/C19H32.3C15H24.3C13H12/c1-13-15(18(5,6)7)11-14(17(2,3)4)12-16(13)19(8,9)10;1-11-8-12(14(2,3)4)10-13(9-11)15(5,6)7;1-11-8-9-12(14(2,3)4)10-13(11)15(5,6)7;1-11-12(14(2,3)4)9-8-10-13(11)15(5,6)7;1-11-7-5-6-10-13(11)12-8-3-2-4-9-12;1-11-6-5-9-13(10-11)12-7-3-2-4-8-12;1-11-7-9-13(10-8-11)12-5-3-2-4-6-12/h11-12H,1-10H3;3*8-10H,1-7H3;3*2-10H,1H3. The average molecular weight is 1380 g/mol. The van der Waals surface area contributed by atoms with E-state index >= 15 is 0 Å². The lowest BCUT2D eigenvalue weighted by atomic mass is 9.73. The second kappa shape index (κ2) is 36.3. The van der Waals surface area contributed by atoms with Gasteiger partial charge in [0.25, 0.3) is 0 Å². The smallest absolute Gasteiger partial charge is 0.0129 e.